The van der Waals surface area contributed by atoms with Gasteiger partial charge in [-0.2, -0.15) is 0 Å². The van der Waals surface area contributed by atoms with Gasteiger partial charge in [-0.05, 0) is 17.7 Å². The SMILES string of the molecule is Fc1cccc([C@H]2CN(CCC3OCCO3)CCO2)c1. The number of benzene rings is 1. The number of morpholine rings is 1. The van der Waals surface area contributed by atoms with Crippen molar-refractivity contribution in [2.45, 2.75) is 18.8 Å². The molecule has 2 heterocycles. The lowest BCUT2D eigenvalue weighted by Gasteiger charge is -2.33. The van der Waals surface area contributed by atoms with Crippen molar-refractivity contribution >= 4 is 0 Å². The molecular formula is C15H20FNO3. The van der Waals surface area contributed by atoms with Gasteiger partial charge in [-0.3, -0.25) is 4.90 Å². The minimum absolute atomic E-state index is 0.0511. The van der Waals surface area contributed by atoms with Gasteiger partial charge in [0.1, 0.15) is 5.82 Å². The molecule has 0 bridgehead atoms. The van der Waals surface area contributed by atoms with Crippen LogP contribution in [0.5, 0.6) is 0 Å². The summed E-state index contributed by atoms with van der Waals surface area (Å²) in [5, 5.41) is 0. The summed E-state index contributed by atoms with van der Waals surface area (Å²) in [5.74, 6) is -0.212. The second-order valence-electron chi connectivity index (χ2n) is 5.17. The van der Waals surface area contributed by atoms with Crippen LogP contribution in [-0.2, 0) is 14.2 Å². The lowest BCUT2D eigenvalue weighted by Crippen LogP contribution is -2.39. The van der Waals surface area contributed by atoms with Crippen LogP contribution in [0.2, 0.25) is 0 Å². The molecular weight excluding hydrogens is 261 g/mol. The predicted molar refractivity (Wildman–Crippen MR) is 71.8 cm³/mol. The van der Waals surface area contributed by atoms with E-state index in [4.69, 9.17) is 14.2 Å². The van der Waals surface area contributed by atoms with E-state index in [1.54, 1.807) is 12.1 Å². The minimum Gasteiger partial charge on any atom is -0.371 e. The van der Waals surface area contributed by atoms with Crippen LogP contribution in [0.25, 0.3) is 0 Å². The first-order chi connectivity index (χ1) is 9.81. The quantitative estimate of drug-likeness (QED) is 0.844. The summed E-state index contributed by atoms with van der Waals surface area (Å²) in [6, 6.07) is 6.66. The molecule has 0 amide bonds. The van der Waals surface area contributed by atoms with E-state index in [1.807, 2.05) is 6.07 Å². The van der Waals surface area contributed by atoms with Gasteiger partial charge in [-0.15, -0.1) is 0 Å². The van der Waals surface area contributed by atoms with Gasteiger partial charge in [0.05, 0.1) is 25.9 Å². The summed E-state index contributed by atoms with van der Waals surface area (Å²) in [6.45, 7) is 4.67. The highest BCUT2D eigenvalue weighted by Gasteiger charge is 2.24. The van der Waals surface area contributed by atoms with Crippen molar-refractivity contribution in [2.24, 2.45) is 0 Å². The minimum atomic E-state index is -0.212. The van der Waals surface area contributed by atoms with Gasteiger partial charge < -0.3 is 14.2 Å². The van der Waals surface area contributed by atoms with Gasteiger partial charge in [0.15, 0.2) is 6.29 Å². The van der Waals surface area contributed by atoms with Crippen LogP contribution in [0.3, 0.4) is 0 Å². The zero-order valence-electron chi connectivity index (χ0n) is 11.5. The molecule has 0 aromatic heterocycles. The van der Waals surface area contributed by atoms with Gasteiger partial charge in [-0.25, -0.2) is 4.39 Å². The molecule has 1 aromatic carbocycles. The third kappa shape index (κ3) is 3.55. The highest BCUT2D eigenvalue weighted by molar-refractivity contribution is 5.19. The van der Waals surface area contributed by atoms with Gasteiger partial charge in [0.25, 0.3) is 0 Å². The molecule has 4 nitrogen and oxygen atoms in total. The number of nitrogens with zero attached hydrogens (tertiary/aromatic N) is 1. The molecule has 2 fully saturated rings. The molecule has 0 saturated carbocycles. The van der Waals surface area contributed by atoms with Crippen molar-refractivity contribution in [3.8, 4) is 0 Å². The zero-order valence-corrected chi connectivity index (χ0v) is 11.5. The van der Waals surface area contributed by atoms with Crippen molar-refractivity contribution in [1.82, 2.24) is 4.90 Å². The molecule has 0 unspecified atom stereocenters. The Kier molecular flexibility index (Phi) is 4.62. The first kappa shape index (κ1) is 13.9. The Morgan fingerprint density at radius 1 is 1.15 bits per heavy atom. The van der Waals surface area contributed by atoms with Crippen LogP contribution < -0.4 is 0 Å². The third-order valence-electron chi connectivity index (χ3n) is 3.74. The standard InChI is InChI=1S/C15H20FNO3/c16-13-3-1-2-12(10-13)14-11-17(6-7-18-14)5-4-15-19-8-9-20-15/h1-3,10,14-15H,4-9,11H2/t14-/m1/s1. The summed E-state index contributed by atoms with van der Waals surface area (Å²) >= 11 is 0. The molecule has 1 atom stereocenters. The Bertz CT molecular complexity index is 437. The first-order valence-corrected chi connectivity index (χ1v) is 7.14. The van der Waals surface area contributed by atoms with Gasteiger partial charge >= 0.3 is 0 Å². The van der Waals surface area contributed by atoms with Crippen LogP contribution in [0.1, 0.15) is 18.1 Å². The number of halogens is 1. The van der Waals surface area contributed by atoms with E-state index in [1.165, 1.54) is 6.07 Å². The maximum atomic E-state index is 13.3. The van der Waals surface area contributed by atoms with Gasteiger partial charge in [0.2, 0.25) is 0 Å². The van der Waals surface area contributed by atoms with E-state index >= 15 is 0 Å². The van der Waals surface area contributed by atoms with Crippen molar-refractivity contribution in [1.29, 1.82) is 0 Å². The summed E-state index contributed by atoms with van der Waals surface area (Å²) < 4.78 is 29.9. The van der Waals surface area contributed by atoms with Crippen molar-refractivity contribution in [3.05, 3.63) is 35.6 Å². The lowest BCUT2D eigenvalue weighted by atomic mass is 10.1. The summed E-state index contributed by atoms with van der Waals surface area (Å²) in [7, 11) is 0. The molecule has 110 valence electrons. The molecule has 0 N–H and O–H groups in total. The second kappa shape index (κ2) is 6.63. The van der Waals surface area contributed by atoms with Gasteiger partial charge in [0, 0.05) is 26.1 Å². The molecule has 2 aliphatic rings. The number of hydrogen-bond donors (Lipinski definition) is 0. The van der Waals surface area contributed by atoms with E-state index in [-0.39, 0.29) is 18.2 Å². The monoisotopic (exact) mass is 281 g/mol. The zero-order chi connectivity index (χ0) is 13.8. The largest absolute Gasteiger partial charge is 0.371 e. The molecule has 5 heteroatoms. The second-order valence-corrected chi connectivity index (χ2v) is 5.17. The molecule has 0 radical (unpaired) electrons. The van der Waals surface area contributed by atoms with E-state index in [0.29, 0.717) is 19.8 Å². The van der Waals surface area contributed by atoms with Crippen LogP contribution in [0.15, 0.2) is 24.3 Å². The fourth-order valence-corrected chi connectivity index (χ4v) is 2.68. The number of rotatable bonds is 4. The maximum absolute atomic E-state index is 13.3. The molecule has 2 saturated heterocycles. The third-order valence-corrected chi connectivity index (χ3v) is 3.74. The van der Waals surface area contributed by atoms with Crippen molar-refractivity contribution in [2.75, 3.05) is 39.5 Å². The van der Waals surface area contributed by atoms with E-state index in [0.717, 1.165) is 31.6 Å². The number of ether oxygens (including phenoxy) is 3. The van der Waals surface area contributed by atoms with Crippen molar-refractivity contribution in [3.63, 3.8) is 0 Å². The summed E-state index contributed by atoms with van der Waals surface area (Å²) in [6.07, 6.45) is 0.755. The fourth-order valence-electron chi connectivity index (χ4n) is 2.68. The number of hydrogen-bond acceptors (Lipinski definition) is 4. The molecule has 20 heavy (non-hydrogen) atoms. The van der Waals surface area contributed by atoms with E-state index in [2.05, 4.69) is 4.90 Å². The molecule has 1 aromatic rings. The average molecular weight is 281 g/mol. The molecule has 3 rings (SSSR count). The van der Waals surface area contributed by atoms with E-state index < -0.39 is 0 Å². The topological polar surface area (TPSA) is 30.9 Å². The lowest BCUT2D eigenvalue weighted by molar-refractivity contribution is -0.0674. The molecule has 0 aliphatic carbocycles. The van der Waals surface area contributed by atoms with Crippen LogP contribution in [-0.4, -0.2) is 50.6 Å². The van der Waals surface area contributed by atoms with Crippen LogP contribution in [0, 0.1) is 5.82 Å². The molecule has 2 aliphatic heterocycles. The Labute approximate surface area is 118 Å². The smallest absolute Gasteiger partial charge is 0.159 e. The van der Waals surface area contributed by atoms with Crippen LogP contribution in [0.4, 0.5) is 4.39 Å². The first-order valence-electron chi connectivity index (χ1n) is 7.14. The highest BCUT2D eigenvalue weighted by atomic mass is 19.1. The van der Waals surface area contributed by atoms with E-state index in [9.17, 15) is 4.39 Å². The Balaban J connectivity index is 1.53. The fraction of sp³-hybridized carbons (Fsp3) is 0.600. The predicted octanol–water partition coefficient (Wildman–Crippen LogP) is 1.96. The summed E-state index contributed by atoms with van der Waals surface area (Å²) in [4.78, 5) is 2.32. The molecule has 0 spiro atoms. The Morgan fingerprint density at radius 3 is 2.80 bits per heavy atom. The van der Waals surface area contributed by atoms with Crippen molar-refractivity contribution < 1.29 is 18.6 Å². The Morgan fingerprint density at radius 2 is 2.00 bits per heavy atom. The summed E-state index contributed by atoms with van der Waals surface area (Å²) in [5.41, 5.74) is 0.906. The average Bonchev–Trinajstić information content (AvgIpc) is 2.99. The van der Waals surface area contributed by atoms with Crippen LogP contribution >= 0.6 is 0 Å². The Hall–Kier alpha value is -1.01. The van der Waals surface area contributed by atoms with Gasteiger partial charge in [-0.1, -0.05) is 12.1 Å². The normalized spacial score (nSPS) is 25.1. The maximum Gasteiger partial charge on any atom is 0.159 e. The highest BCUT2D eigenvalue weighted by Crippen LogP contribution is 2.23.